The van der Waals surface area contributed by atoms with E-state index in [2.05, 4.69) is 15.9 Å². The standard InChI is InChI=1S/C12H12BrClN2O4/c13-9-3-8(4-10(5-9)16(18)19)12(17)15-1-2-20-7-11(15)6-14/h3-5,11H,1-2,6-7H2. The topological polar surface area (TPSA) is 72.7 Å². The fourth-order valence-electron chi connectivity index (χ4n) is 2.02. The summed E-state index contributed by atoms with van der Waals surface area (Å²) in [5.41, 5.74) is 0.140. The molecule has 108 valence electrons. The number of hydrogen-bond donors (Lipinski definition) is 0. The van der Waals surface area contributed by atoms with E-state index < -0.39 is 4.92 Å². The molecule has 8 heteroatoms. The number of nitro groups is 1. The summed E-state index contributed by atoms with van der Waals surface area (Å²) in [5, 5.41) is 10.8. The predicted octanol–water partition coefficient (Wildman–Crippen LogP) is 2.44. The number of amides is 1. The molecule has 1 amide bonds. The van der Waals surface area contributed by atoms with Crippen LogP contribution in [0.15, 0.2) is 22.7 Å². The zero-order chi connectivity index (χ0) is 14.7. The van der Waals surface area contributed by atoms with E-state index in [0.29, 0.717) is 24.2 Å². The van der Waals surface area contributed by atoms with Crippen LogP contribution in [-0.4, -0.2) is 47.4 Å². The number of alkyl halides is 1. The number of nitro benzene ring substituents is 1. The van der Waals surface area contributed by atoms with Crippen molar-refractivity contribution < 1.29 is 14.5 Å². The van der Waals surface area contributed by atoms with E-state index >= 15 is 0 Å². The molecule has 0 aromatic heterocycles. The van der Waals surface area contributed by atoms with Crippen molar-refractivity contribution in [2.45, 2.75) is 6.04 Å². The zero-order valence-electron chi connectivity index (χ0n) is 10.4. The highest BCUT2D eigenvalue weighted by atomic mass is 79.9. The lowest BCUT2D eigenvalue weighted by atomic mass is 10.1. The molecular weight excluding hydrogens is 351 g/mol. The summed E-state index contributed by atoms with van der Waals surface area (Å²) in [5.74, 6) is -0.00897. The molecule has 0 N–H and O–H groups in total. The summed E-state index contributed by atoms with van der Waals surface area (Å²) in [7, 11) is 0. The van der Waals surface area contributed by atoms with Gasteiger partial charge in [-0.25, -0.2) is 0 Å². The largest absolute Gasteiger partial charge is 0.377 e. The number of halogens is 2. The fourth-order valence-corrected chi connectivity index (χ4v) is 2.76. The van der Waals surface area contributed by atoms with Gasteiger partial charge < -0.3 is 9.64 Å². The Hall–Kier alpha value is -1.18. The van der Waals surface area contributed by atoms with Gasteiger partial charge >= 0.3 is 0 Å². The van der Waals surface area contributed by atoms with Gasteiger partial charge in [-0.05, 0) is 6.07 Å². The van der Waals surface area contributed by atoms with Gasteiger partial charge in [-0.2, -0.15) is 0 Å². The lowest BCUT2D eigenvalue weighted by Crippen LogP contribution is -2.49. The molecular formula is C12H12BrClN2O4. The van der Waals surface area contributed by atoms with Crippen molar-refractivity contribution in [1.82, 2.24) is 4.90 Å². The van der Waals surface area contributed by atoms with Crippen molar-refractivity contribution in [2.75, 3.05) is 25.6 Å². The molecule has 1 aliphatic rings. The van der Waals surface area contributed by atoms with E-state index in [1.807, 2.05) is 0 Å². The van der Waals surface area contributed by atoms with Crippen molar-refractivity contribution in [3.8, 4) is 0 Å². The number of carbonyl (C=O) groups excluding carboxylic acids is 1. The number of benzene rings is 1. The molecule has 1 saturated heterocycles. The summed E-state index contributed by atoms with van der Waals surface area (Å²) in [6.45, 7) is 1.25. The van der Waals surface area contributed by atoms with Crippen LogP contribution in [0.3, 0.4) is 0 Å². The second-order valence-corrected chi connectivity index (χ2v) is 5.56. The van der Waals surface area contributed by atoms with Gasteiger partial charge in [-0.1, -0.05) is 15.9 Å². The maximum absolute atomic E-state index is 12.5. The molecule has 1 aromatic rings. The van der Waals surface area contributed by atoms with Gasteiger partial charge in [-0.3, -0.25) is 14.9 Å². The summed E-state index contributed by atoms with van der Waals surface area (Å²) in [6, 6.07) is 3.98. The van der Waals surface area contributed by atoms with Crippen LogP contribution in [0.1, 0.15) is 10.4 Å². The van der Waals surface area contributed by atoms with E-state index in [-0.39, 0.29) is 29.1 Å². The third-order valence-corrected chi connectivity index (χ3v) is 3.82. The fraction of sp³-hybridized carbons (Fsp3) is 0.417. The van der Waals surface area contributed by atoms with Gasteiger partial charge in [0.2, 0.25) is 0 Å². The second-order valence-electron chi connectivity index (χ2n) is 4.34. The lowest BCUT2D eigenvalue weighted by molar-refractivity contribution is -0.385. The third-order valence-electron chi connectivity index (χ3n) is 3.01. The average molecular weight is 364 g/mol. The van der Waals surface area contributed by atoms with Crippen LogP contribution >= 0.6 is 27.5 Å². The van der Waals surface area contributed by atoms with Crippen LogP contribution in [0.2, 0.25) is 0 Å². The molecule has 1 unspecified atom stereocenters. The molecule has 1 fully saturated rings. The summed E-state index contributed by atoms with van der Waals surface area (Å²) in [4.78, 5) is 24.4. The van der Waals surface area contributed by atoms with Crippen LogP contribution in [0.5, 0.6) is 0 Å². The van der Waals surface area contributed by atoms with Gasteiger partial charge in [0.1, 0.15) is 0 Å². The Morgan fingerprint density at radius 2 is 2.30 bits per heavy atom. The minimum absolute atomic E-state index is 0.126. The number of carbonyl (C=O) groups is 1. The molecule has 0 saturated carbocycles. The highest BCUT2D eigenvalue weighted by molar-refractivity contribution is 9.10. The van der Waals surface area contributed by atoms with Crippen LogP contribution in [-0.2, 0) is 4.74 Å². The smallest absolute Gasteiger partial charge is 0.271 e. The Morgan fingerprint density at radius 1 is 1.55 bits per heavy atom. The van der Waals surface area contributed by atoms with Crippen LogP contribution in [0.4, 0.5) is 5.69 Å². The quantitative estimate of drug-likeness (QED) is 0.470. The molecule has 1 heterocycles. The predicted molar refractivity (Wildman–Crippen MR) is 77.2 cm³/mol. The second kappa shape index (κ2) is 6.51. The normalized spacial score (nSPS) is 18.9. The number of rotatable bonds is 3. The molecule has 2 rings (SSSR count). The molecule has 1 aromatic carbocycles. The van der Waals surface area contributed by atoms with Crippen molar-refractivity contribution in [3.05, 3.63) is 38.3 Å². The molecule has 0 radical (unpaired) electrons. The summed E-state index contributed by atoms with van der Waals surface area (Å²) in [6.07, 6.45) is 0. The highest BCUT2D eigenvalue weighted by Gasteiger charge is 2.28. The maximum Gasteiger partial charge on any atom is 0.271 e. The molecule has 0 aliphatic carbocycles. The van der Waals surface area contributed by atoms with Gasteiger partial charge in [0.15, 0.2) is 0 Å². The number of morpholine rings is 1. The Labute approximate surface area is 128 Å². The lowest BCUT2D eigenvalue weighted by Gasteiger charge is -2.34. The van der Waals surface area contributed by atoms with E-state index in [1.54, 1.807) is 11.0 Å². The number of nitrogens with zero attached hydrogens (tertiary/aromatic N) is 2. The van der Waals surface area contributed by atoms with Crippen molar-refractivity contribution in [2.24, 2.45) is 0 Å². The molecule has 1 aliphatic heterocycles. The molecule has 0 spiro atoms. The average Bonchev–Trinajstić information content (AvgIpc) is 2.45. The van der Waals surface area contributed by atoms with Gasteiger partial charge in [0, 0.05) is 34.6 Å². The van der Waals surface area contributed by atoms with E-state index in [0.717, 1.165) is 0 Å². The highest BCUT2D eigenvalue weighted by Crippen LogP contribution is 2.23. The molecule has 6 nitrogen and oxygen atoms in total. The first-order chi connectivity index (χ1) is 9.52. The number of ether oxygens (including phenoxy) is 1. The Kier molecular flexibility index (Phi) is 4.95. The first-order valence-electron chi connectivity index (χ1n) is 5.92. The molecule has 1 atom stereocenters. The Bertz CT molecular complexity index is 540. The van der Waals surface area contributed by atoms with Gasteiger partial charge in [0.25, 0.3) is 11.6 Å². The zero-order valence-corrected chi connectivity index (χ0v) is 12.8. The third kappa shape index (κ3) is 3.28. The summed E-state index contributed by atoms with van der Waals surface area (Å²) >= 11 is 9.01. The van der Waals surface area contributed by atoms with Crippen LogP contribution in [0, 0.1) is 10.1 Å². The van der Waals surface area contributed by atoms with Crippen molar-refractivity contribution in [3.63, 3.8) is 0 Å². The van der Waals surface area contributed by atoms with E-state index in [4.69, 9.17) is 16.3 Å². The number of hydrogen-bond acceptors (Lipinski definition) is 4. The number of non-ortho nitro benzene ring substituents is 1. The molecule has 0 bridgehead atoms. The first-order valence-corrected chi connectivity index (χ1v) is 7.25. The van der Waals surface area contributed by atoms with Crippen LogP contribution in [0.25, 0.3) is 0 Å². The summed E-state index contributed by atoms with van der Waals surface area (Å²) < 4.78 is 5.77. The SMILES string of the molecule is O=C(c1cc(Br)cc([N+](=O)[O-])c1)N1CCOCC1CCl. The van der Waals surface area contributed by atoms with Crippen molar-refractivity contribution in [1.29, 1.82) is 0 Å². The minimum Gasteiger partial charge on any atom is -0.377 e. The van der Waals surface area contributed by atoms with E-state index in [9.17, 15) is 14.9 Å². The van der Waals surface area contributed by atoms with Crippen LogP contribution < -0.4 is 0 Å². The first kappa shape index (κ1) is 15.2. The Balaban J connectivity index is 2.30. The van der Waals surface area contributed by atoms with E-state index in [1.165, 1.54) is 12.1 Å². The monoisotopic (exact) mass is 362 g/mol. The maximum atomic E-state index is 12.5. The molecule has 20 heavy (non-hydrogen) atoms. The van der Waals surface area contributed by atoms with Crippen molar-refractivity contribution >= 4 is 39.1 Å². The van der Waals surface area contributed by atoms with Gasteiger partial charge in [0.05, 0.1) is 24.2 Å². The Morgan fingerprint density at radius 3 is 2.95 bits per heavy atom. The van der Waals surface area contributed by atoms with Gasteiger partial charge in [-0.15, -0.1) is 11.6 Å². The minimum atomic E-state index is -0.528.